The first-order chi connectivity index (χ1) is 15.1. The normalized spacial score (nSPS) is 13.6. The van der Waals surface area contributed by atoms with Gasteiger partial charge in [0.15, 0.2) is 17.2 Å². The summed E-state index contributed by atoms with van der Waals surface area (Å²) in [6.45, 7) is 10.6. The molecule has 0 aromatic carbocycles. The number of nitrogens with one attached hydrogen (secondary N) is 1. The zero-order valence-corrected chi connectivity index (χ0v) is 19.8. The maximum Gasteiger partial charge on any atom is 0.328 e. The summed E-state index contributed by atoms with van der Waals surface area (Å²) in [5.74, 6) is -1.61. The van der Waals surface area contributed by atoms with Crippen molar-refractivity contribution in [2.75, 3.05) is 20.5 Å². The topological polar surface area (TPSA) is 122 Å². The first kappa shape index (κ1) is 27.2. The average molecular weight is 455 g/mol. The number of hydrogen-bond donors (Lipinski definition) is 1. The van der Waals surface area contributed by atoms with Crippen LogP contribution in [0, 0.1) is 5.92 Å². The van der Waals surface area contributed by atoms with E-state index < -0.39 is 36.8 Å². The summed E-state index contributed by atoms with van der Waals surface area (Å²) in [6, 6.07) is 0.527. The van der Waals surface area contributed by atoms with Gasteiger partial charge in [0.1, 0.15) is 12.1 Å². The Balaban J connectivity index is 2.89. The Labute approximate surface area is 188 Å². The van der Waals surface area contributed by atoms with E-state index in [1.165, 1.54) is 33.2 Å². The van der Waals surface area contributed by atoms with Crippen molar-refractivity contribution in [2.45, 2.75) is 66.2 Å². The van der Waals surface area contributed by atoms with E-state index in [0.29, 0.717) is 6.61 Å². The summed E-state index contributed by atoms with van der Waals surface area (Å²) in [4.78, 5) is 40.4. The van der Waals surface area contributed by atoms with E-state index in [9.17, 15) is 14.4 Å². The summed E-state index contributed by atoms with van der Waals surface area (Å²) in [5.41, 5.74) is -0.129. The number of carbonyl (C=O) groups is 3. The molecule has 3 atom stereocenters. The second kappa shape index (κ2) is 13.5. The van der Waals surface area contributed by atoms with Crippen LogP contribution in [0.15, 0.2) is 12.3 Å². The van der Waals surface area contributed by atoms with Gasteiger partial charge in [0, 0.05) is 25.8 Å². The fourth-order valence-electron chi connectivity index (χ4n) is 2.80. The van der Waals surface area contributed by atoms with Gasteiger partial charge in [-0.2, -0.15) is 0 Å². The first-order valence-corrected chi connectivity index (χ1v) is 10.5. The molecular weight excluding hydrogens is 420 g/mol. The molecule has 32 heavy (non-hydrogen) atoms. The maximum atomic E-state index is 12.8. The second-order valence-corrected chi connectivity index (χ2v) is 7.51. The molecular formula is C22H34N2O8. The van der Waals surface area contributed by atoms with Crippen LogP contribution in [-0.2, 0) is 23.8 Å². The van der Waals surface area contributed by atoms with Crippen LogP contribution in [0.2, 0.25) is 0 Å². The van der Waals surface area contributed by atoms with E-state index in [-0.39, 0.29) is 29.2 Å². The predicted molar refractivity (Wildman–Crippen MR) is 115 cm³/mol. The van der Waals surface area contributed by atoms with Gasteiger partial charge in [0.05, 0.1) is 13.2 Å². The van der Waals surface area contributed by atoms with Crippen molar-refractivity contribution >= 4 is 17.8 Å². The second-order valence-electron chi connectivity index (χ2n) is 7.51. The Hall–Kier alpha value is -2.88. The van der Waals surface area contributed by atoms with Gasteiger partial charge < -0.3 is 29.0 Å². The molecule has 180 valence electrons. The van der Waals surface area contributed by atoms with Gasteiger partial charge in [-0.3, -0.25) is 9.59 Å². The third-order valence-electron chi connectivity index (χ3n) is 4.43. The molecule has 10 heteroatoms. The zero-order chi connectivity index (χ0) is 24.3. The first-order valence-electron chi connectivity index (χ1n) is 10.5. The lowest BCUT2D eigenvalue weighted by Gasteiger charge is -2.28. The smallest absolute Gasteiger partial charge is 0.328 e. The molecule has 0 aliphatic rings. The molecule has 1 heterocycles. The van der Waals surface area contributed by atoms with Crippen LogP contribution in [0.5, 0.6) is 11.5 Å². The Morgan fingerprint density at radius 1 is 1.16 bits per heavy atom. The van der Waals surface area contributed by atoms with Crippen LogP contribution in [0.1, 0.15) is 58.5 Å². The number of aromatic nitrogens is 1. The quantitative estimate of drug-likeness (QED) is 0.354. The molecule has 0 bridgehead atoms. The van der Waals surface area contributed by atoms with Crippen molar-refractivity contribution in [1.29, 1.82) is 0 Å². The van der Waals surface area contributed by atoms with Gasteiger partial charge in [0.25, 0.3) is 5.91 Å². The molecule has 0 unspecified atom stereocenters. The minimum Gasteiger partial charge on any atom is -0.493 e. The van der Waals surface area contributed by atoms with Gasteiger partial charge in [0.2, 0.25) is 6.79 Å². The van der Waals surface area contributed by atoms with Crippen LogP contribution in [0.4, 0.5) is 0 Å². The van der Waals surface area contributed by atoms with E-state index in [1.807, 2.05) is 27.7 Å². The number of ether oxygens (including phenoxy) is 5. The van der Waals surface area contributed by atoms with Gasteiger partial charge in [-0.1, -0.05) is 20.8 Å². The van der Waals surface area contributed by atoms with Crippen molar-refractivity contribution < 1.29 is 38.1 Å². The Kier molecular flexibility index (Phi) is 11.5. The molecule has 1 rings (SSSR count). The van der Waals surface area contributed by atoms with E-state index in [1.54, 1.807) is 0 Å². The third kappa shape index (κ3) is 8.33. The molecule has 0 fully saturated rings. The van der Waals surface area contributed by atoms with Crippen molar-refractivity contribution in [3.8, 4) is 11.5 Å². The fraction of sp³-hybridized carbons (Fsp3) is 0.636. The highest BCUT2D eigenvalue weighted by Gasteiger charge is 2.29. The van der Waals surface area contributed by atoms with Crippen LogP contribution in [0.3, 0.4) is 0 Å². The van der Waals surface area contributed by atoms with Crippen LogP contribution >= 0.6 is 0 Å². The highest BCUT2D eigenvalue weighted by atomic mass is 16.7. The largest absolute Gasteiger partial charge is 0.493 e. The van der Waals surface area contributed by atoms with E-state index >= 15 is 0 Å². The van der Waals surface area contributed by atoms with Crippen molar-refractivity contribution in [2.24, 2.45) is 5.92 Å². The maximum absolute atomic E-state index is 12.8. The van der Waals surface area contributed by atoms with Crippen molar-refractivity contribution in [3.05, 3.63) is 18.0 Å². The van der Waals surface area contributed by atoms with Crippen LogP contribution in [0.25, 0.3) is 0 Å². The minimum absolute atomic E-state index is 0.0176. The van der Waals surface area contributed by atoms with Crippen molar-refractivity contribution in [1.82, 2.24) is 10.3 Å². The summed E-state index contributed by atoms with van der Waals surface area (Å²) in [7, 11) is 1.39. The van der Waals surface area contributed by atoms with E-state index in [4.69, 9.17) is 23.7 Å². The standard InChI is InChI=1S/C22H34N2O8/c1-8-11-29-15(5)19(13(2)3)32-22(27)14(4)24-21(26)18-20(31-12-30-16(6)25)17(28-7)9-10-23-18/h9-10,13-15,19H,8,11-12H2,1-7H3,(H,24,26)/t14-,15-,19-/m0/s1. The van der Waals surface area contributed by atoms with Crippen LogP contribution in [-0.4, -0.2) is 61.6 Å². The fourth-order valence-corrected chi connectivity index (χ4v) is 2.80. The van der Waals surface area contributed by atoms with E-state index in [2.05, 4.69) is 10.3 Å². The SMILES string of the molecule is CCCO[C@@H](C)[C@@H](OC(=O)[C@H](C)NC(=O)c1nccc(OC)c1OCOC(C)=O)C(C)C. The molecule has 1 aromatic rings. The van der Waals surface area contributed by atoms with Gasteiger partial charge in [-0.05, 0) is 26.2 Å². The molecule has 0 saturated heterocycles. The molecule has 1 N–H and O–H groups in total. The molecule has 10 nitrogen and oxygen atoms in total. The van der Waals surface area contributed by atoms with E-state index in [0.717, 1.165) is 6.42 Å². The van der Waals surface area contributed by atoms with Gasteiger partial charge >= 0.3 is 11.9 Å². The summed E-state index contributed by atoms with van der Waals surface area (Å²) in [6.07, 6.45) is 1.45. The van der Waals surface area contributed by atoms with Gasteiger partial charge in [-0.15, -0.1) is 0 Å². The molecule has 0 aliphatic carbocycles. The highest BCUT2D eigenvalue weighted by Crippen LogP contribution is 2.29. The lowest BCUT2D eigenvalue weighted by atomic mass is 10.0. The number of rotatable bonds is 13. The lowest BCUT2D eigenvalue weighted by molar-refractivity contribution is -0.162. The minimum atomic E-state index is -0.962. The molecule has 1 amide bonds. The molecule has 0 spiro atoms. The number of amides is 1. The Morgan fingerprint density at radius 3 is 2.41 bits per heavy atom. The monoisotopic (exact) mass is 454 g/mol. The summed E-state index contributed by atoms with van der Waals surface area (Å²) < 4.78 is 26.6. The Bertz CT molecular complexity index is 768. The predicted octanol–water partition coefficient (Wildman–Crippen LogP) is 2.49. The van der Waals surface area contributed by atoms with Crippen molar-refractivity contribution in [3.63, 3.8) is 0 Å². The number of methoxy groups -OCH3 is 1. The summed E-state index contributed by atoms with van der Waals surface area (Å²) in [5, 5.41) is 2.55. The number of pyridine rings is 1. The number of nitrogens with zero attached hydrogens (tertiary/aromatic N) is 1. The number of hydrogen-bond acceptors (Lipinski definition) is 9. The molecule has 0 radical (unpaired) electrons. The zero-order valence-electron chi connectivity index (χ0n) is 19.8. The molecule has 1 aromatic heterocycles. The van der Waals surface area contributed by atoms with Gasteiger partial charge in [-0.25, -0.2) is 9.78 Å². The van der Waals surface area contributed by atoms with Crippen LogP contribution < -0.4 is 14.8 Å². The summed E-state index contributed by atoms with van der Waals surface area (Å²) >= 11 is 0. The lowest BCUT2D eigenvalue weighted by Crippen LogP contribution is -2.44. The molecule has 0 saturated carbocycles. The third-order valence-corrected chi connectivity index (χ3v) is 4.43. The molecule has 0 aliphatic heterocycles. The highest BCUT2D eigenvalue weighted by molar-refractivity contribution is 5.98. The number of esters is 2. The number of carbonyl (C=O) groups excluding carboxylic acids is 3. The Morgan fingerprint density at radius 2 is 1.84 bits per heavy atom. The average Bonchev–Trinajstić information content (AvgIpc) is 2.74.